The van der Waals surface area contributed by atoms with Crippen LogP contribution >= 0.6 is 11.6 Å². The van der Waals surface area contributed by atoms with Gasteiger partial charge < -0.3 is 19.7 Å². The van der Waals surface area contributed by atoms with E-state index in [0.29, 0.717) is 23.6 Å². The molecule has 6 heteroatoms. The number of aliphatic hydroxyl groups excluding tert-OH is 2. The molecule has 1 aromatic carbocycles. The van der Waals surface area contributed by atoms with Crippen LogP contribution in [0.3, 0.4) is 0 Å². The molecular weight excluding hydrogens is 320 g/mol. The minimum absolute atomic E-state index is 0.00482. The van der Waals surface area contributed by atoms with Crippen LogP contribution < -0.4 is 4.74 Å². The Balaban J connectivity index is 1.53. The van der Waals surface area contributed by atoms with Crippen molar-refractivity contribution in [2.75, 3.05) is 6.61 Å². The van der Waals surface area contributed by atoms with Gasteiger partial charge >= 0.3 is 5.97 Å². The molecule has 0 bridgehead atoms. The fraction of sp³-hybridized carbons (Fsp3) is 0.471. The van der Waals surface area contributed by atoms with Gasteiger partial charge in [-0.1, -0.05) is 29.8 Å². The van der Waals surface area contributed by atoms with E-state index in [-0.39, 0.29) is 30.5 Å². The lowest BCUT2D eigenvalue weighted by Crippen LogP contribution is -2.20. The van der Waals surface area contributed by atoms with E-state index >= 15 is 0 Å². The van der Waals surface area contributed by atoms with Gasteiger partial charge in [0.1, 0.15) is 24.6 Å². The van der Waals surface area contributed by atoms with Crippen molar-refractivity contribution in [1.29, 1.82) is 0 Å². The minimum atomic E-state index is -0.807. The summed E-state index contributed by atoms with van der Waals surface area (Å²) in [7, 11) is 0. The largest absolute Gasteiger partial charge is 0.491 e. The lowest BCUT2D eigenvalue weighted by Gasteiger charge is -2.15. The van der Waals surface area contributed by atoms with E-state index in [9.17, 15) is 15.0 Å². The predicted molar refractivity (Wildman–Crippen MR) is 84.2 cm³/mol. The lowest BCUT2D eigenvalue weighted by molar-refractivity contribution is -0.141. The van der Waals surface area contributed by atoms with Crippen LogP contribution in [0.4, 0.5) is 0 Å². The van der Waals surface area contributed by atoms with Crippen molar-refractivity contribution >= 4 is 17.6 Å². The van der Waals surface area contributed by atoms with Crippen LogP contribution in [0, 0.1) is 11.8 Å². The van der Waals surface area contributed by atoms with Crippen LogP contribution in [0.5, 0.6) is 5.75 Å². The molecule has 1 aliphatic carbocycles. The van der Waals surface area contributed by atoms with Gasteiger partial charge in [0.25, 0.3) is 0 Å². The van der Waals surface area contributed by atoms with E-state index in [4.69, 9.17) is 21.1 Å². The standard InChI is InChI=1S/C17H19ClO5/c18-10-2-1-3-12(6-10)22-9-11(19)4-5-13-14-7-17(21)23-16(14)8-15(13)20/h1-6,11,13-16,19-20H,7-9H2. The number of fused-ring (bicyclic) bond motifs is 1. The summed E-state index contributed by atoms with van der Waals surface area (Å²) in [5.74, 6) is 0.193. The number of esters is 1. The van der Waals surface area contributed by atoms with Gasteiger partial charge in [-0.2, -0.15) is 0 Å². The second-order valence-electron chi connectivity index (χ2n) is 6.00. The monoisotopic (exact) mass is 338 g/mol. The van der Waals surface area contributed by atoms with Gasteiger partial charge in [-0.15, -0.1) is 0 Å². The van der Waals surface area contributed by atoms with Crippen molar-refractivity contribution < 1.29 is 24.5 Å². The first-order chi connectivity index (χ1) is 11.0. The number of rotatable bonds is 5. The molecule has 2 aliphatic rings. The summed E-state index contributed by atoms with van der Waals surface area (Å²) >= 11 is 5.86. The summed E-state index contributed by atoms with van der Waals surface area (Å²) in [5, 5.41) is 20.6. The first-order valence-corrected chi connectivity index (χ1v) is 8.03. The molecule has 124 valence electrons. The van der Waals surface area contributed by atoms with E-state index in [2.05, 4.69) is 0 Å². The molecule has 1 heterocycles. The molecule has 3 rings (SSSR count). The minimum Gasteiger partial charge on any atom is -0.491 e. The van der Waals surface area contributed by atoms with Crippen LogP contribution in [-0.2, 0) is 9.53 Å². The third-order valence-corrected chi connectivity index (χ3v) is 4.58. The summed E-state index contributed by atoms with van der Waals surface area (Å²) in [4.78, 5) is 11.3. The van der Waals surface area contributed by atoms with E-state index in [0.717, 1.165) is 0 Å². The van der Waals surface area contributed by atoms with Crippen molar-refractivity contribution in [3.63, 3.8) is 0 Å². The highest BCUT2D eigenvalue weighted by molar-refractivity contribution is 6.30. The molecule has 2 N–H and O–H groups in total. The number of aliphatic hydroxyl groups is 2. The molecule has 1 saturated carbocycles. The molecule has 1 aliphatic heterocycles. The first-order valence-electron chi connectivity index (χ1n) is 7.65. The second kappa shape index (κ2) is 6.91. The summed E-state index contributed by atoms with van der Waals surface area (Å²) < 4.78 is 10.6. The fourth-order valence-electron chi connectivity index (χ4n) is 3.24. The molecule has 0 aromatic heterocycles. The maximum Gasteiger partial charge on any atom is 0.306 e. The summed E-state index contributed by atoms with van der Waals surface area (Å²) in [6.45, 7) is 0.0865. The zero-order valence-corrected chi connectivity index (χ0v) is 13.2. The van der Waals surface area contributed by atoms with Gasteiger partial charge in [-0.3, -0.25) is 4.79 Å². The topological polar surface area (TPSA) is 76.0 Å². The van der Waals surface area contributed by atoms with Crippen LogP contribution in [0.15, 0.2) is 36.4 Å². The molecule has 1 saturated heterocycles. The zero-order valence-electron chi connectivity index (χ0n) is 12.5. The Morgan fingerprint density at radius 3 is 3.09 bits per heavy atom. The number of hydrogen-bond donors (Lipinski definition) is 2. The molecule has 1 aromatic rings. The molecule has 5 atom stereocenters. The highest BCUT2D eigenvalue weighted by atomic mass is 35.5. The highest BCUT2D eigenvalue weighted by Gasteiger charge is 2.48. The first kappa shape index (κ1) is 16.3. The van der Waals surface area contributed by atoms with Gasteiger partial charge in [0, 0.05) is 23.3 Å². The number of halogens is 1. The number of ether oxygens (including phenoxy) is 2. The van der Waals surface area contributed by atoms with Crippen molar-refractivity contribution in [3.05, 3.63) is 41.4 Å². The molecule has 0 radical (unpaired) electrons. The number of carbonyl (C=O) groups excluding carboxylic acids is 1. The van der Waals surface area contributed by atoms with E-state index < -0.39 is 12.2 Å². The number of carbonyl (C=O) groups is 1. The predicted octanol–water partition coefficient (Wildman–Crippen LogP) is 1.95. The number of benzene rings is 1. The van der Waals surface area contributed by atoms with Crippen molar-refractivity contribution in [2.24, 2.45) is 11.8 Å². The van der Waals surface area contributed by atoms with Crippen molar-refractivity contribution in [2.45, 2.75) is 31.2 Å². The van der Waals surface area contributed by atoms with Gasteiger partial charge in [0.2, 0.25) is 0 Å². The smallest absolute Gasteiger partial charge is 0.306 e. The maximum atomic E-state index is 11.3. The van der Waals surface area contributed by atoms with E-state index in [1.54, 1.807) is 36.4 Å². The maximum absolute atomic E-state index is 11.3. The second-order valence-corrected chi connectivity index (χ2v) is 6.43. The molecule has 23 heavy (non-hydrogen) atoms. The Morgan fingerprint density at radius 2 is 2.30 bits per heavy atom. The van der Waals surface area contributed by atoms with E-state index in [1.807, 2.05) is 0 Å². The van der Waals surface area contributed by atoms with Crippen LogP contribution in [0.1, 0.15) is 12.8 Å². The Kier molecular flexibility index (Phi) is 4.90. The quantitative estimate of drug-likeness (QED) is 0.634. The molecule has 5 unspecified atom stereocenters. The normalized spacial score (nSPS) is 31.2. The summed E-state index contributed by atoms with van der Waals surface area (Å²) in [6.07, 6.45) is 2.60. The fourth-order valence-corrected chi connectivity index (χ4v) is 3.42. The SMILES string of the molecule is O=C1CC2C(CC(O)C2C=CC(O)COc2cccc(Cl)c2)O1. The Morgan fingerprint density at radius 1 is 1.48 bits per heavy atom. The average Bonchev–Trinajstić information content (AvgIpc) is 2.98. The molecule has 0 spiro atoms. The van der Waals surface area contributed by atoms with Crippen LogP contribution in [-0.4, -0.2) is 41.1 Å². The average molecular weight is 339 g/mol. The molecule has 0 amide bonds. The zero-order chi connectivity index (χ0) is 16.4. The van der Waals surface area contributed by atoms with Crippen molar-refractivity contribution in [1.82, 2.24) is 0 Å². The molecule has 5 nitrogen and oxygen atoms in total. The third-order valence-electron chi connectivity index (χ3n) is 4.35. The van der Waals surface area contributed by atoms with Crippen molar-refractivity contribution in [3.8, 4) is 5.75 Å². The van der Waals surface area contributed by atoms with Gasteiger partial charge in [0.15, 0.2) is 0 Å². The molecular formula is C17H19ClO5. The van der Waals surface area contributed by atoms with E-state index in [1.165, 1.54) is 0 Å². The Labute approximate surface area is 139 Å². The van der Waals surface area contributed by atoms with Gasteiger partial charge in [-0.25, -0.2) is 0 Å². The lowest BCUT2D eigenvalue weighted by atomic mass is 9.91. The Bertz CT molecular complexity index is 602. The number of hydrogen-bond acceptors (Lipinski definition) is 5. The van der Waals surface area contributed by atoms with Gasteiger partial charge in [0.05, 0.1) is 12.5 Å². The highest BCUT2D eigenvalue weighted by Crippen LogP contribution is 2.42. The molecule has 2 fully saturated rings. The van der Waals surface area contributed by atoms with Crippen LogP contribution in [0.25, 0.3) is 0 Å². The Hall–Kier alpha value is -1.56. The summed E-state index contributed by atoms with van der Waals surface area (Å²) in [6, 6.07) is 6.94. The third kappa shape index (κ3) is 3.86. The van der Waals surface area contributed by atoms with Gasteiger partial charge in [-0.05, 0) is 18.2 Å². The summed E-state index contributed by atoms with van der Waals surface area (Å²) in [5.41, 5.74) is 0. The van der Waals surface area contributed by atoms with Crippen LogP contribution in [0.2, 0.25) is 5.02 Å².